The van der Waals surface area contributed by atoms with E-state index in [1.165, 1.54) is 0 Å². The molecule has 8 heteroatoms. The molecule has 2 aromatic heterocycles. The lowest BCUT2D eigenvalue weighted by Gasteiger charge is -2.20. The first-order valence-electron chi connectivity index (χ1n) is 7.91. The molecule has 24 heavy (non-hydrogen) atoms. The third kappa shape index (κ3) is 2.96. The Labute approximate surface area is 140 Å². The number of rotatable bonds is 4. The molecule has 1 amide bonds. The number of carbonyl (C=O) groups excluding carboxylic acids is 1. The molecule has 0 bridgehead atoms. The van der Waals surface area contributed by atoms with Crippen molar-refractivity contribution < 1.29 is 14.4 Å². The fraction of sp³-hybridized carbons (Fsp3) is 0.500. The molecule has 0 spiro atoms. The molecular weight excluding hydrogens is 310 g/mol. The van der Waals surface area contributed by atoms with Crippen LogP contribution in [0.25, 0.3) is 0 Å². The van der Waals surface area contributed by atoms with Crippen LogP contribution < -0.4 is 4.90 Å². The molecule has 1 saturated heterocycles. The van der Waals surface area contributed by atoms with Crippen LogP contribution in [-0.4, -0.2) is 58.2 Å². The zero-order chi connectivity index (χ0) is 17.3. The maximum absolute atomic E-state index is 12.6. The van der Waals surface area contributed by atoms with Crippen LogP contribution in [-0.2, 0) is 12.0 Å². The van der Waals surface area contributed by atoms with E-state index in [1.807, 2.05) is 25.9 Å². The van der Waals surface area contributed by atoms with Crippen molar-refractivity contribution in [2.75, 3.05) is 32.1 Å². The Morgan fingerprint density at radius 1 is 1.46 bits per heavy atom. The number of aryl methyl sites for hydroxylation is 1. The van der Waals surface area contributed by atoms with Gasteiger partial charge in [0.15, 0.2) is 11.4 Å². The highest BCUT2D eigenvalue weighted by Crippen LogP contribution is 2.31. The first kappa shape index (κ1) is 16.4. The molecule has 1 unspecified atom stereocenters. The summed E-state index contributed by atoms with van der Waals surface area (Å²) in [6.45, 7) is 2.47. The molecule has 3 heterocycles. The number of likely N-dealkylation sites (tertiary alicyclic amines) is 1. The fourth-order valence-corrected chi connectivity index (χ4v) is 2.69. The second-order valence-electron chi connectivity index (χ2n) is 6.18. The molecule has 128 valence electrons. The smallest absolute Gasteiger partial charge is 0.260 e. The highest BCUT2D eigenvalue weighted by molar-refractivity contribution is 5.94. The highest BCUT2D eigenvalue weighted by Gasteiger charge is 2.44. The van der Waals surface area contributed by atoms with Crippen molar-refractivity contribution in [1.29, 1.82) is 0 Å². The zero-order valence-corrected chi connectivity index (χ0v) is 14.1. The second kappa shape index (κ2) is 6.20. The predicted octanol–water partition coefficient (Wildman–Crippen LogP) is 0.827. The van der Waals surface area contributed by atoms with Gasteiger partial charge in [-0.3, -0.25) is 4.79 Å². The monoisotopic (exact) mass is 331 g/mol. The van der Waals surface area contributed by atoms with Crippen LogP contribution in [0.5, 0.6) is 0 Å². The Kier molecular flexibility index (Phi) is 4.23. The quantitative estimate of drug-likeness (QED) is 0.886. The van der Waals surface area contributed by atoms with Gasteiger partial charge in [-0.2, -0.15) is 4.98 Å². The van der Waals surface area contributed by atoms with Crippen molar-refractivity contribution >= 4 is 11.7 Å². The number of aliphatic hydroxyl groups is 1. The van der Waals surface area contributed by atoms with E-state index in [-0.39, 0.29) is 18.3 Å². The maximum Gasteiger partial charge on any atom is 0.260 e. The number of nitrogens with zero attached hydrogens (tertiary/aromatic N) is 5. The second-order valence-corrected chi connectivity index (χ2v) is 6.18. The molecule has 1 aliphatic heterocycles. The molecule has 1 fully saturated rings. The Hall–Kier alpha value is -2.48. The number of carbonyl (C=O) groups is 1. The van der Waals surface area contributed by atoms with E-state index in [9.17, 15) is 9.90 Å². The molecule has 0 radical (unpaired) electrons. The molecule has 2 aromatic rings. The van der Waals surface area contributed by atoms with Gasteiger partial charge in [0.2, 0.25) is 0 Å². The van der Waals surface area contributed by atoms with Crippen molar-refractivity contribution in [3.05, 3.63) is 35.6 Å². The fourth-order valence-electron chi connectivity index (χ4n) is 2.69. The number of pyridine rings is 1. The lowest BCUT2D eigenvalue weighted by Crippen LogP contribution is -2.34. The number of hydrogen-bond donors (Lipinski definition) is 1. The van der Waals surface area contributed by atoms with Crippen LogP contribution in [0, 0.1) is 0 Å². The standard InChI is InChI=1S/C16H21N5O3/c1-4-12-18-15(24-19-12)16(23)7-8-21(10-16)14(22)11-5-6-13(17-9-11)20(2)3/h5-6,9,23H,4,7-8,10H2,1-3H3. The molecule has 0 saturated carbocycles. The zero-order valence-electron chi connectivity index (χ0n) is 14.1. The van der Waals surface area contributed by atoms with Crippen molar-refractivity contribution in [1.82, 2.24) is 20.0 Å². The molecule has 0 aliphatic carbocycles. The van der Waals surface area contributed by atoms with Gasteiger partial charge < -0.3 is 19.4 Å². The first-order chi connectivity index (χ1) is 11.4. The van der Waals surface area contributed by atoms with Gasteiger partial charge in [-0.15, -0.1) is 0 Å². The number of hydrogen-bond acceptors (Lipinski definition) is 7. The van der Waals surface area contributed by atoms with E-state index >= 15 is 0 Å². The van der Waals surface area contributed by atoms with E-state index in [0.29, 0.717) is 30.8 Å². The Morgan fingerprint density at radius 3 is 2.83 bits per heavy atom. The minimum Gasteiger partial charge on any atom is -0.378 e. The molecule has 1 aliphatic rings. The summed E-state index contributed by atoms with van der Waals surface area (Å²) < 4.78 is 5.15. The van der Waals surface area contributed by atoms with Gasteiger partial charge in [-0.1, -0.05) is 12.1 Å². The van der Waals surface area contributed by atoms with E-state index in [4.69, 9.17) is 4.52 Å². The normalized spacial score (nSPS) is 20.4. The van der Waals surface area contributed by atoms with Crippen LogP contribution in [0.1, 0.15) is 35.4 Å². The van der Waals surface area contributed by atoms with Gasteiger partial charge in [-0.05, 0) is 12.1 Å². The lowest BCUT2D eigenvalue weighted by molar-refractivity contribution is 0.0136. The van der Waals surface area contributed by atoms with Crippen LogP contribution >= 0.6 is 0 Å². The van der Waals surface area contributed by atoms with Crippen molar-refractivity contribution in [2.24, 2.45) is 0 Å². The SMILES string of the molecule is CCc1noc(C2(O)CCN(C(=O)c3ccc(N(C)C)nc3)C2)n1. The van der Waals surface area contributed by atoms with Gasteiger partial charge in [0, 0.05) is 39.7 Å². The maximum atomic E-state index is 12.6. The third-order valence-electron chi connectivity index (χ3n) is 4.17. The van der Waals surface area contributed by atoms with E-state index in [2.05, 4.69) is 15.1 Å². The van der Waals surface area contributed by atoms with Crippen molar-refractivity contribution in [3.63, 3.8) is 0 Å². The number of aromatic nitrogens is 3. The summed E-state index contributed by atoms with van der Waals surface area (Å²) in [5, 5.41) is 14.6. The molecule has 3 rings (SSSR count). The minimum absolute atomic E-state index is 0.132. The Morgan fingerprint density at radius 2 is 2.25 bits per heavy atom. The van der Waals surface area contributed by atoms with Crippen LogP contribution in [0.2, 0.25) is 0 Å². The number of amides is 1. The lowest BCUT2D eigenvalue weighted by atomic mass is 10.0. The summed E-state index contributed by atoms with van der Waals surface area (Å²) in [7, 11) is 3.78. The molecule has 0 aromatic carbocycles. The topological polar surface area (TPSA) is 95.6 Å². The summed E-state index contributed by atoms with van der Waals surface area (Å²) in [6, 6.07) is 3.53. The van der Waals surface area contributed by atoms with Gasteiger partial charge in [0.1, 0.15) is 5.82 Å². The third-order valence-corrected chi connectivity index (χ3v) is 4.17. The average molecular weight is 331 g/mol. The van der Waals surface area contributed by atoms with Crippen molar-refractivity contribution in [2.45, 2.75) is 25.4 Å². The van der Waals surface area contributed by atoms with Gasteiger partial charge in [-0.25, -0.2) is 4.98 Å². The molecule has 1 N–H and O–H groups in total. The molecule has 8 nitrogen and oxygen atoms in total. The minimum atomic E-state index is -1.28. The summed E-state index contributed by atoms with van der Waals surface area (Å²) in [6.07, 6.45) is 2.55. The summed E-state index contributed by atoms with van der Waals surface area (Å²) >= 11 is 0. The summed E-state index contributed by atoms with van der Waals surface area (Å²) in [5.41, 5.74) is -0.794. The summed E-state index contributed by atoms with van der Waals surface area (Å²) in [5.74, 6) is 1.34. The summed E-state index contributed by atoms with van der Waals surface area (Å²) in [4.78, 5) is 24.5. The van der Waals surface area contributed by atoms with Crippen LogP contribution in [0.3, 0.4) is 0 Å². The van der Waals surface area contributed by atoms with Gasteiger partial charge >= 0.3 is 0 Å². The van der Waals surface area contributed by atoms with E-state index in [0.717, 1.165) is 5.82 Å². The largest absolute Gasteiger partial charge is 0.378 e. The predicted molar refractivity (Wildman–Crippen MR) is 86.7 cm³/mol. The van der Waals surface area contributed by atoms with Crippen molar-refractivity contribution in [3.8, 4) is 0 Å². The first-order valence-corrected chi connectivity index (χ1v) is 7.91. The number of β-amino-alcohol motifs (C(OH)–C–C–N with tert-alkyl or cyclic N) is 1. The van der Waals surface area contributed by atoms with Gasteiger partial charge in [0.25, 0.3) is 11.8 Å². The number of anilines is 1. The molecular formula is C16H21N5O3. The van der Waals surface area contributed by atoms with E-state index in [1.54, 1.807) is 23.2 Å². The van der Waals surface area contributed by atoms with Gasteiger partial charge in [0.05, 0.1) is 12.1 Å². The average Bonchev–Trinajstić information content (AvgIpc) is 3.22. The van der Waals surface area contributed by atoms with Crippen LogP contribution in [0.4, 0.5) is 5.82 Å². The highest BCUT2D eigenvalue weighted by atomic mass is 16.5. The Balaban J connectivity index is 1.73. The Bertz CT molecular complexity index is 728. The molecule has 1 atom stereocenters. The van der Waals surface area contributed by atoms with E-state index < -0.39 is 5.60 Å². The van der Waals surface area contributed by atoms with Crippen LogP contribution in [0.15, 0.2) is 22.9 Å².